The van der Waals surface area contributed by atoms with E-state index in [2.05, 4.69) is 5.32 Å². The van der Waals surface area contributed by atoms with Crippen molar-refractivity contribution in [3.63, 3.8) is 0 Å². The number of amides is 1. The lowest BCUT2D eigenvalue weighted by Gasteiger charge is -2.21. The van der Waals surface area contributed by atoms with Crippen LogP contribution in [0.25, 0.3) is 0 Å². The summed E-state index contributed by atoms with van der Waals surface area (Å²) in [6.07, 6.45) is 2.65. The molecule has 2 aromatic rings. The van der Waals surface area contributed by atoms with Crippen LogP contribution in [0.1, 0.15) is 28.8 Å². The highest BCUT2D eigenvalue weighted by atomic mass is 32.2. The molecule has 164 valence electrons. The van der Waals surface area contributed by atoms with Gasteiger partial charge in [0.05, 0.1) is 27.6 Å². The molecule has 10 heteroatoms. The number of nitro groups is 1. The first kappa shape index (κ1) is 21.1. The van der Waals surface area contributed by atoms with E-state index in [9.17, 15) is 23.3 Å². The third-order valence-electron chi connectivity index (χ3n) is 5.71. The fourth-order valence-corrected chi connectivity index (χ4v) is 5.58. The lowest BCUT2D eigenvalue weighted by atomic mass is 10.1. The minimum atomic E-state index is -3.60. The van der Waals surface area contributed by atoms with Gasteiger partial charge in [-0.1, -0.05) is 18.2 Å². The highest BCUT2D eigenvalue weighted by Crippen LogP contribution is 2.30. The predicted molar refractivity (Wildman–Crippen MR) is 118 cm³/mol. The van der Waals surface area contributed by atoms with Crippen molar-refractivity contribution in [1.82, 2.24) is 5.32 Å². The number of carbonyl (C=O) groups excluding carboxylic acids is 1. The SMILES string of the molecule is O=C(NCCS(=O)(=O)N1CCc2ccccc21)c1cc([N+](=O)[O-])ccc1N1CCCC1. The molecule has 2 aromatic carbocycles. The van der Waals surface area contributed by atoms with Crippen LogP contribution in [0.4, 0.5) is 17.1 Å². The second kappa shape index (κ2) is 8.54. The molecular weight excluding hydrogens is 420 g/mol. The van der Waals surface area contributed by atoms with Crippen LogP contribution >= 0.6 is 0 Å². The van der Waals surface area contributed by atoms with Crippen molar-refractivity contribution in [3.8, 4) is 0 Å². The third-order valence-corrected chi connectivity index (χ3v) is 7.48. The molecule has 1 amide bonds. The molecule has 1 saturated heterocycles. The summed E-state index contributed by atoms with van der Waals surface area (Å²) in [6.45, 7) is 1.86. The summed E-state index contributed by atoms with van der Waals surface area (Å²) in [7, 11) is -3.60. The molecule has 4 rings (SSSR count). The van der Waals surface area contributed by atoms with Crippen LogP contribution < -0.4 is 14.5 Å². The number of nitro benzene ring substituents is 1. The molecule has 9 nitrogen and oxygen atoms in total. The molecule has 0 radical (unpaired) electrons. The molecule has 2 aliphatic heterocycles. The van der Waals surface area contributed by atoms with Crippen LogP contribution in [0.5, 0.6) is 0 Å². The van der Waals surface area contributed by atoms with Gasteiger partial charge in [0.25, 0.3) is 11.6 Å². The molecule has 2 aliphatic rings. The van der Waals surface area contributed by atoms with Crippen LogP contribution in [-0.2, 0) is 16.4 Å². The zero-order valence-electron chi connectivity index (χ0n) is 17.0. The van der Waals surface area contributed by atoms with Gasteiger partial charge in [-0.2, -0.15) is 0 Å². The Morgan fingerprint density at radius 2 is 1.81 bits per heavy atom. The topological polar surface area (TPSA) is 113 Å². The molecule has 0 bridgehead atoms. The summed E-state index contributed by atoms with van der Waals surface area (Å²) >= 11 is 0. The van der Waals surface area contributed by atoms with Gasteiger partial charge in [0.15, 0.2) is 0 Å². The van der Waals surface area contributed by atoms with Gasteiger partial charge in [-0.3, -0.25) is 19.2 Å². The molecular formula is C21H24N4O5S. The Labute approximate surface area is 180 Å². The van der Waals surface area contributed by atoms with Crippen LogP contribution in [0, 0.1) is 10.1 Å². The maximum Gasteiger partial charge on any atom is 0.270 e. The van der Waals surface area contributed by atoms with E-state index in [0.29, 0.717) is 24.3 Å². The lowest BCUT2D eigenvalue weighted by molar-refractivity contribution is -0.384. The number of sulfonamides is 1. The Morgan fingerprint density at radius 1 is 1.06 bits per heavy atom. The minimum Gasteiger partial charge on any atom is -0.371 e. The predicted octanol–water partition coefficient (Wildman–Crippen LogP) is 2.32. The summed E-state index contributed by atoms with van der Waals surface area (Å²) in [5, 5.41) is 13.8. The van der Waals surface area contributed by atoms with Crippen molar-refractivity contribution in [2.24, 2.45) is 0 Å². The molecule has 2 heterocycles. The zero-order valence-corrected chi connectivity index (χ0v) is 17.8. The van der Waals surface area contributed by atoms with E-state index < -0.39 is 20.9 Å². The number of fused-ring (bicyclic) bond motifs is 1. The van der Waals surface area contributed by atoms with Crippen LogP contribution in [0.2, 0.25) is 0 Å². The Hall–Kier alpha value is -3.14. The fraction of sp³-hybridized carbons (Fsp3) is 0.381. The second-order valence-corrected chi connectivity index (χ2v) is 9.69. The molecule has 1 N–H and O–H groups in total. The van der Waals surface area contributed by atoms with Gasteiger partial charge >= 0.3 is 0 Å². The quantitative estimate of drug-likeness (QED) is 0.518. The van der Waals surface area contributed by atoms with E-state index in [1.807, 2.05) is 17.0 Å². The summed E-state index contributed by atoms with van der Waals surface area (Å²) < 4.78 is 27.0. The minimum absolute atomic E-state index is 0.0814. The van der Waals surface area contributed by atoms with Gasteiger partial charge in [-0.05, 0) is 37.0 Å². The second-order valence-electron chi connectivity index (χ2n) is 7.68. The van der Waals surface area contributed by atoms with Crippen molar-refractivity contribution in [3.05, 3.63) is 63.7 Å². The Morgan fingerprint density at radius 3 is 2.55 bits per heavy atom. The van der Waals surface area contributed by atoms with E-state index in [1.165, 1.54) is 16.4 Å². The van der Waals surface area contributed by atoms with Crippen LogP contribution in [0.15, 0.2) is 42.5 Å². The largest absolute Gasteiger partial charge is 0.371 e. The van der Waals surface area contributed by atoms with Gasteiger partial charge in [0.2, 0.25) is 10.0 Å². The monoisotopic (exact) mass is 444 g/mol. The standard InChI is InChI=1S/C21H24N4O5S/c26-21(18-15-17(25(27)28)7-8-20(18)23-11-3-4-12-23)22-10-14-31(29,30)24-13-9-16-5-1-2-6-19(16)24/h1-2,5-8,15H,3-4,9-14H2,(H,22,26). The van der Waals surface area contributed by atoms with Crippen molar-refractivity contribution < 1.29 is 18.1 Å². The van der Waals surface area contributed by atoms with Crippen molar-refractivity contribution in [1.29, 1.82) is 0 Å². The Bertz CT molecular complexity index is 1110. The Kier molecular flexibility index (Phi) is 5.81. The number of para-hydroxylation sites is 1. The third kappa shape index (κ3) is 4.34. The van der Waals surface area contributed by atoms with Crippen molar-refractivity contribution in [2.45, 2.75) is 19.3 Å². The summed E-state index contributed by atoms with van der Waals surface area (Å²) in [4.78, 5) is 25.5. The number of carbonyl (C=O) groups is 1. The normalized spacial score (nSPS) is 15.7. The molecule has 0 spiro atoms. The molecule has 1 fully saturated rings. The number of rotatable bonds is 7. The number of hydrogen-bond acceptors (Lipinski definition) is 6. The maximum atomic E-state index is 12.8. The number of benzene rings is 2. The smallest absolute Gasteiger partial charge is 0.270 e. The lowest BCUT2D eigenvalue weighted by Crippen LogP contribution is -2.37. The number of non-ortho nitro benzene ring substituents is 1. The molecule has 0 aromatic heterocycles. The average Bonchev–Trinajstić information content (AvgIpc) is 3.43. The maximum absolute atomic E-state index is 12.8. The van der Waals surface area contributed by atoms with Crippen LogP contribution in [0.3, 0.4) is 0 Å². The highest BCUT2D eigenvalue weighted by molar-refractivity contribution is 7.92. The van der Waals surface area contributed by atoms with Gasteiger partial charge in [-0.15, -0.1) is 0 Å². The van der Waals surface area contributed by atoms with Gasteiger partial charge in [0, 0.05) is 38.3 Å². The van der Waals surface area contributed by atoms with E-state index >= 15 is 0 Å². The van der Waals surface area contributed by atoms with Gasteiger partial charge in [0.1, 0.15) is 0 Å². The van der Waals surface area contributed by atoms with E-state index in [0.717, 1.165) is 31.5 Å². The molecule has 0 unspecified atom stereocenters. The Balaban J connectivity index is 1.46. The van der Waals surface area contributed by atoms with Gasteiger partial charge < -0.3 is 10.2 Å². The van der Waals surface area contributed by atoms with Crippen molar-refractivity contribution in [2.75, 3.05) is 41.1 Å². The highest BCUT2D eigenvalue weighted by Gasteiger charge is 2.29. The van der Waals surface area contributed by atoms with E-state index in [1.54, 1.807) is 18.2 Å². The molecule has 0 atom stereocenters. The molecule has 0 saturated carbocycles. The number of hydrogen-bond donors (Lipinski definition) is 1. The zero-order chi connectivity index (χ0) is 22.0. The number of anilines is 2. The number of nitrogens with one attached hydrogen (secondary N) is 1. The van der Waals surface area contributed by atoms with Crippen LogP contribution in [-0.4, -0.2) is 51.2 Å². The fourth-order valence-electron chi connectivity index (χ4n) is 4.15. The average molecular weight is 445 g/mol. The molecule has 31 heavy (non-hydrogen) atoms. The first-order valence-corrected chi connectivity index (χ1v) is 11.9. The summed E-state index contributed by atoms with van der Waals surface area (Å²) in [5.74, 6) is -0.760. The number of nitrogens with zero attached hydrogens (tertiary/aromatic N) is 3. The van der Waals surface area contributed by atoms with Gasteiger partial charge in [-0.25, -0.2) is 8.42 Å². The van der Waals surface area contributed by atoms with E-state index in [4.69, 9.17) is 0 Å². The first-order chi connectivity index (χ1) is 14.9. The molecule has 0 aliphatic carbocycles. The summed E-state index contributed by atoms with van der Waals surface area (Å²) in [6, 6.07) is 11.6. The first-order valence-electron chi connectivity index (χ1n) is 10.3. The van der Waals surface area contributed by atoms with E-state index in [-0.39, 0.29) is 23.5 Å². The summed E-state index contributed by atoms with van der Waals surface area (Å²) in [5.41, 5.74) is 2.33. The van der Waals surface area contributed by atoms with Crippen molar-refractivity contribution >= 4 is 33.0 Å².